The Morgan fingerprint density at radius 3 is 2.85 bits per heavy atom. The fourth-order valence-corrected chi connectivity index (χ4v) is 3.36. The van der Waals surface area contributed by atoms with Crippen molar-refractivity contribution in [2.24, 2.45) is 0 Å². The van der Waals surface area contributed by atoms with E-state index in [2.05, 4.69) is 11.5 Å². The molecule has 0 radical (unpaired) electrons. The number of nitrogens with zero attached hydrogens (tertiary/aromatic N) is 2. The van der Waals surface area contributed by atoms with Crippen LogP contribution in [0.4, 0.5) is 0 Å². The quantitative estimate of drug-likeness (QED) is 0.660. The number of carbonyl (C=O) groups excluding carboxylic acids is 1. The van der Waals surface area contributed by atoms with Crippen LogP contribution in [0.25, 0.3) is 0 Å². The lowest BCUT2D eigenvalue weighted by molar-refractivity contribution is 0.0726. The first-order chi connectivity index (χ1) is 13.1. The molecule has 0 saturated carbocycles. The monoisotopic (exact) mass is 408 g/mol. The van der Waals surface area contributed by atoms with E-state index < -0.39 is 0 Å². The average Bonchev–Trinajstić information content (AvgIpc) is 3.02. The molecule has 5 nitrogen and oxygen atoms in total. The molecular weight excluding hydrogens is 387 g/mol. The Morgan fingerprint density at radius 2 is 2.04 bits per heavy atom. The summed E-state index contributed by atoms with van der Waals surface area (Å²) in [6.07, 6.45) is 2.83. The number of halogens is 2. The Labute approximate surface area is 169 Å². The standard InChI is InChI=1S/C20H22Cl2N2O3/c1-2-9-23-10-4-11-24(13-12-23)20(25)18-8-7-15(27-18)14-26-17-6-3-5-16(21)19(17)22/h2-3,5-8H,1,4,9-14H2. The number of rotatable bonds is 6. The van der Waals surface area contributed by atoms with Crippen molar-refractivity contribution in [1.82, 2.24) is 9.80 Å². The largest absolute Gasteiger partial charge is 0.484 e. The van der Waals surface area contributed by atoms with Crippen molar-refractivity contribution in [2.75, 3.05) is 32.7 Å². The van der Waals surface area contributed by atoms with Crippen molar-refractivity contribution in [2.45, 2.75) is 13.0 Å². The molecule has 27 heavy (non-hydrogen) atoms. The molecule has 1 aromatic carbocycles. The minimum absolute atomic E-state index is 0.0949. The van der Waals surface area contributed by atoms with Gasteiger partial charge in [0.1, 0.15) is 23.1 Å². The highest BCUT2D eigenvalue weighted by atomic mass is 35.5. The smallest absolute Gasteiger partial charge is 0.289 e. The first-order valence-corrected chi connectivity index (χ1v) is 9.62. The van der Waals surface area contributed by atoms with Gasteiger partial charge in [-0.25, -0.2) is 0 Å². The molecule has 3 rings (SSSR count). The van der Waals surface area contributed by atoms with Gasteiger partial charge >= 0.3 is 0 Å². The topological polar surface area (TPSA) is 45.9 Å². The third kappa shape index (κ3) is 5.06. The Balaban J connectivity index is 1.59. The number of amides is 1. The summed E-state index contributed by atoms with van der Waals surface area (Å²) in [5.41, 5.74) is 0. The lowest BCUT2D eigenvalue weighted by atomic mass is 10.3. The van der Waals surface area contributed by atoms with Gasteiger partial charge in [0, 0.05) is 32.7 Å². The van der Waals surface area contributed by atoms with E-state index >= 15 is 0 Å². The zero-order chi connectivity index (χ0) is 19.2. The molecule has 2 heterocycles. The molecule has 1 saturated heterocycles. The number of ether oxygens (including phenoxy) is 1. The second-order valence-electron chi connectivity index (χ2n) is 6.34. The van der Waals surface area contributed by atoms with Crippen molar-refractivity contribution in [1.29, 1.82) is 0 Å². The molecule has 0 N–H and O–H groups in total. The van der Waals surface area contributed by atoms with Crippen LogP contribution < -0.4 is 4.74 Å². The Morgan fingerprint density at radius 1 is 1.19 bits per heavy atom. The second-order valence-corrected chi connectivity index (χ2v) is 7.13. The summed E-state index contributed by atoms with van der Waals surface area (Å²) in [5, 5.41) is 0.784. The summed E-state index contributed by atoms with van der Waals surface area (Å²) in [4.78, 5) is 16.8. The molecule has 0 aliphatic carbocycles. The first kappa shape index (κ1) is 19.8. The van der Waals surface area contributed by atoms with Gasteiger partial charge in [-0.2, -0.15) is 0 Å². The van der Waals surface area contributed by atoms with E-state index in [1.165, 1.54) is 0 Å². The van der Waals surface area contributed by atoms with E-state index in [1.54, 1.807) is 30.3 Å². The van der Waals surface area contributed by atoms with Crippen molar-refractivity contribution >= 4 is 29.1 Å². The van der Waals surface area contributed by atoms with Crippen LogP contribution in [0.2, 0.25) is 10.0 Å². The zero-order valence-corrected chi connectivity index (χ0v) is 16.5. The van der Waals surface area contributed by atoms with Gasteiger partial charge in [0.15, 0.2) is 5.76 Å². The molecule has 1 fully saturated rings. The molecule has 0 bridgehead atoms. The molecule has 2 aromatic rings. The third-order valence-corrected chi connectivity index (χ3v) is 5.22. The van der Waals surface area contributed by atoms with Gasteiger partial charge in [0.05, 0.1) is 5.02 Å². The highest BCUT2D eigenvalue weighted by molar-refractivity contribution is 6.42. The molecular formula is C20H22Cl2N2O3. The van der Waals surface area contributed by atoms with Gasteiger partial charge in [0.2, 0.25) is 0 Å². The van der Waals surface area contributed by atoms with Gasteiger partial charge in [0.25, 0.3) is 5.91 Å². The van der Waals surface area contributed by atoms with Gasteiger partial charge in [-0.1, -0.05) is 35.3 Å². The van der Waals surface area contributed by atoms with Crippen LogP contribution in [-0.2, 0) is 6.61 Å². The highest BCUT2D eigenvalue weighted by Crippen LogP contribution is 2.32. The zero-order valence-electron chi connectivity index (χ0n) is 15.0. The van der Waals surface area contributed by atoms with E-state index in [9.17, 15) is 4.79 Å². The van der Waals surface area contributed by atoms with E-state index in [1.807, 2.05) is 11.0 Å². The highest BCUT2D eigenvalue weighted by Gasteiger charge is 2.22. The summed E-state index contributed by atoms with van der Waals surface area (Å²) in [6, 6.07) is 8.61. The van der Waals surface area contributed by atoms with Gasteiger partial charge in [-0.3, -0.25) is 9.69 Å². The Hall–Kier alpha value is -1.95. The number of furan rings is 1. The predicted octanol–water partition coefficient (Wildman–Crippen LogP) is 4.50. The molecule has 1 aliphatic rings. The van der Waals surface area contributed by atoms with Crippen molar-refractivity contribution in [3.05, 3.63) is 64.6 Å². The molecule has 0 unspecified atom stereocenters. The predicted molar refractivity (Wildman–Crippen MR) is 107 cm³/mol. The molecule has 7 heteroatoms. The summed E-state index contributed by atoms with van der Waals surface area (Å²) < 4.78 is 11.3. The number of hydrogen-bond acceptors (Lipinski definition) is 4. The SMILES string of the molecule is C=CCN1CCCN(C(=O)c2ccc(COc3cccc(Cl)c3Cl)o2)CC1. The molecule has 144 valence electrons. The lowest BCUT2D eigenvalue weighted by Crippen LogP contribution is -2.35. The van der Waals surface area contributed by atoms with Crippen LogP contribution in [0, 0.1) is 0 Å². The fourth-order valence-electron chi connectivity index (χ4n) is 3.01. The second kappa shape index (κ2) is 9.31. The molecule has 0 spiro atoms. The van der Waals surface area contributed by atoms with E-state index in [-0.39, 0.29) is 12.5 Å². The van der Waals surface area contributed by atoms with Gasteiger partial charge < -0.3 is 14.1 Å². The molecule has 0 atom stereocenters. The summed E-state index contributed by atoms with van der Waals surface area (Å²) in [7, 11) is 0. The van der Waals surface area contributed by atoms with E-state index in [0.717, 1.165) is 32.6 Å². The summed E-state index contributed by atoms with van der Waals surface area (Å²) in [5.74, 6) is 1.26. The Kier molecular flexibility index (Phi) is 6.83. The van der Waals surface area contributed by atoms with Crippen molar-refractivity contribution in [3.63, 3.8) is 0 Å². The Bertz CT molecular complexity index is 806. The van der Waals surface area contributed by atoms with Crippen molar-refractivity contribution < 1.29 is 13.9 Å². The number of hydrogen-bond donors (Lipinski definition) is 0. The minimum atomic E-state index is -0.0949. The van der Waals surface area contributed by atoms with Crippen LogP contribution in [-0.4, -0.2) is 48.4 Å². The maximum absolute atomic E-state index is 12.7. The fraction of sp³-hybridized carbons (Fsp3) is 0.350. The van der Waals surface area contributed by atoms with Crippen LogP contribution in [0.5, 0.6) is 5.75 Å². The molecule has 1 amide bonds. The normalized spacial score (nSPS) is 15.4. The number of carbonyl (C=O) groups is 1. The molecule has 1 aliphatic heterocycles. The van der Waals surface area contributed by atoms with E-state index in [0.29, 0.717) is 33.9 Å². The van der Waals surface area contributed by atoms with Crippen LogP contribution >= 0.6 is 23.2 Å². The van der Waals surface area contributed by atoms with Crippen LogP contribution in [0.1, 0.15) is 22.7 Å². The first-order valence-electron chi connectivity index (χ1n) is 8.86. The van der Waals surface area contributed by atoms with Crippen LogP contribution in [0.3, 0.4) is 0 Å². The maximum atomic E-state index is 12.7. The van der Waals surface area contributed by atoms with Gasteiger partial charge in [-0.15, -0.1) is 6.58 Å². The lowest BCUT2D eigenvalue weighted by Gasteiger charge is -2.20. The third-order valence-electron chi connectivity index (χ3n) is 4.42. The van der Waals surface area contributed by atoms with Gasteiger partial charge in [-0.05, 0) is 30.7 Å². The van der Waals surface area contributed by atoms with Crippen molar-refractivity contribution in [3.8, 4) is 5.75 Å². The average molecular weight is 409 g/mol. The van der Waals surface area contributed by atoms with Crippen LogP contribution in [0.15, 0.2) is 47.4 Å². The summed E-state index contributed by atoms with van der Waals surface area (Å²) >= 11 is 12.1. The van der Waals surface area contributed by atoms with E-state index in [4.69, 9.17) is 32.4 Å². The molecule has 1 aromatic heterocycles. The minimum Gasteiger partial charge on any atom is -0.484 e. The summed E-state index contributed by atoms with van der Waals surface area (Å²) in [6.45, 7) is 7.98. The number of benzene rings is 1. The maximum Gasteiger partial charge on any atom is 0.289 e.